The molecule has 1 spiro atoms. The Kier molecular flexibility index (Phi) is 10.1. The molecule has 2 fully saturated rings. The molecule has 0 aliphatic carbocycles. The monoisotopic (exact) mass is 747 g/mol. The molecule has 5 aromatic carbocycles. The lowest BCUT2D eigenvalue weighted by Gasteiger charge is -2.46. The summed E-state index contributed by atoms with van der Waals surface area (Å²) in [6, 6.07) is 38.4. The Balaban J connectivity index is 1.31. The van der Waals surface area contributed by atoms with E-state index in [1.165, 1.54) is 0 Å². The Morgan fingerprint density at radius 1 is 0.857 bits per heavy atom. The Hall–Kier alpha value is -6.25. The van der Waals surface area contributed by atoms with Crippen molar-refractivity contribution in [2.75, 3.05) is 32.1 Å². The SMILES string of the molecule is CN(CC#Cc1ccc2c(c1)[C@]1(C(=O)N2)[C@H](C(=O)O)[C@H]2C(=O)O[C@H](c3ccccc3)[C@H](c3ccccc3)N2[C@@H]1c1cccc(OCCO)c1)Cc1ccccc1. The van der Waals surface area contributed by atoms with Crippen LogP contribution in [0, 0.1) is 17.8 Å². The fourth-order valence-corrected chi connectivity index (χ4v) is 8.82. The summed E-state index contributed by atoms with van der Waals surface area (Å²) in [4.78, 5) is 47.4. The number of morpholine rings is 1. The number of aliphatic hydroxyl groups is 1. The van der Waals surface area contributed by atoms with Crippen LogP contribution in [-0.2, 0) is 31.1 Å². The van der Waals surface area contributed by atoms with Crippen LogP contribution in [0.2, 0.25) is 0 Å². The normalized spacial score (nSPS) is 23.8. The highest BCUT2D eigenvalue weighted by Crippen LogP contribution is 2.64. The van der Waals surface area contributed by atoms with E-state index >= 15 is 0 Å². The number of amides is 1. The maximum atomic E-state index is 15.0. The van der Waals surface area contributed by atoms with Crippen LogP contribution in [0.1, 0.15) is 51.6 Å². The Morgan fingerprint density at radius 2 is 1.54 bits per heavy atom. The number of fused-ring (bicyclic) bond motifs is 3. The highest BCUT2D eigenvalue weighted by atomic mass is 16.6. The molecule has 282 valence electrons. The number of hydrogen-bond donors (Lipinski definition) is 3. The number of carboxylic acid groups (broad SMARTS) is 1. The first-order valence-electron chi connectivity index (χ1n) is 18.6. The van der Waals surface area contributed by atoms with Gasteiger partial charge in [0, 0.05) is 17.8 Å². The zero-order chi connectivity index (χ0) is 38.8. The summed E-state index contributed by atoms with van der Waals surface area (Å²) < 4.78 is 12.2. The number of rotatable bonds is 10. The van der Waals surface area contributed by atoms with E-state index in [-0.39, 0.29) is 13.2 Å². The predicted molar refractivity (Wildman–Crippen MR) is 209 cm³/mol. The molecule has 1 amide bonds. The molecular weight excluding hydrogens is 707 g/mol. The zero-order valence-corrected chi connectivity index (χ0v) is 30.7. The first kappa shape index (κ1) is 36.7. The molecule has 6 atom stereocenters. The summed E-state index contributed by atoms with van der Waals surface area (Å²) >= 11 is 0. The van der Waals surface area contributed by atoms with Gasteiger partial charge in [-0.2, -0.15) is 0 Å². The highest BCUT2D eigenvalue weighted by molar-refractivity contribution is 6.11. The summed E-state index contributed by atoms with van der Waals surface area (Å²) in [5, 5.41) is 23.9. The van der Waals surface area contributed by atoms with E-state index in [0.717, 1.165) is 16.7 Å². The molecule has 10 nitrogen and oxygen atoms in total. The molecule has 3 N–H and O–H groups in total. The number of carboxylic acids is 1. The fourth-order valence-electron chi connectivity index (χ4n) is 8.82. The third kappa shape index (κ3) is 6.50. The average molecular weight is 748 g/mol. The summed E-state index contributed by atoms with van der Waals surface area (Å²) in [5.74, 6) is 2.79. The van der Waals surface area contributed by atoms with Gasteiger partial charge >= 0.3 is 11.9 Å². The maximum Gasteiger partial charge on any atom is 0.325 e. The first-order chi connectivity index (χ1) is 27.3. The Morgan fingerprint density at radius 3 is 2.23 bits per heavy atom. The Bertz CT molecular complexity index is 2310. The zero-order valence-electron chi connectivity index (χ0n) is 30.7. The van der Waals surface area contributed by atoms with E-state index in [9.17, 15) is 24.6 Å². The maximum absolute atomic E-state index is 15.0. The summed E-state index contributed by atoms with van der Waals surface area (Å²) in [7, 11) is 1.99. The van der Waals surface area contributed by atoms with Crippen LogP contribution < -0.4 is 10.1 Å². The van der Waals surface area contributed by atoms with Crippen molar-refractivity contribution in [1.82, 2.24) is 9.80 Å². The van der Waals surface area contributed by atoms with Crippen LogP contribution in [0.5, 0.6) is 5.75 Å². The highest BCUT2D eigenvalue weighted by Gasteiger charge is 2.74. The lowest BCUT2D eigenvalue weighted by Crippen LogP contribution is -2.52. The van der Waals surface area contributed by atoms with Gasteiger partial charge in [-0.25, -0.2) is 0 Å². The number of esters is 1. The van der Waals surface area contributed by atoms with Gasteiger partial charge in [0.1, 0.15) is 35.8 Å². The molecule has 0 bridgehead atoms. The average Bonchev–Trinajstić information content (AvgIpc) is 3.70. The molecule has 0 saturated carbocycles. The van der Waals surface area contributed by atoms with Crippen LogP contribution in [0.25, 0.3) is 0 Å². The second-order valence-corrected chi connectivity index (χ2v) is 14.4. The minimum absolute atomic E-state index is 0.0320. The number of nitrogens with one attached hydrogen (secondary N) is 1. The van der Waals surface area contributed by atoms with Crippen LogP contribution >= 0.6 is 0 Å². The van der Waals surface area contributed by atoms with Crippen LogP contribution in [0.3, 0.4) is 0 Å². The summed E-state index contributed by atoms with van der Waals surface area (Å²) in [6.07, 6.45) is -0.836. The molecule has 10 heteroatoms. The molecule has 8 rings (SSSR count). The van der Waals surface area contributed by atoms with Crippen molar-refractivity contribution in [3.63, 3.8) is 0 Å². The predicted octanol–water partition coefficient (Wildman–Crippen LogP) is 5.90. The summed E-state index contributed by atoms with van der Waals surface area (Å²) in [6.45, 7) is 1.00. The van der Waals surface area contributed by atoms with Crippen molar-refractivity contribution in [2.24, 2.45) is 5.92 Å². The topological polar surface area (TPSA) is 129 Å². The quantitative estimate of drug-likeness (QED) is 0.118. The first-order valence-corrected chi connectivity index (χ1v) is 18.6. The number of aliphatic carboxylic acids is 1. The minimum atomic E-state index is -1.82. The van der Waals surface area contributed by atoms with Gasteiger partial charge in [-0.05, 0) is 65.2 Å². The molecule has 0 aromatic heterocycles. The van der Waals surface area contributed by atoms with Crippen molar-refractivity contribution in [2.45, 2.75) is 36.2 Å². The van der Waals surface area contributed by atoms with Gasteiger partial charge in [-0.3, -0.25) is 24.2 Å². The third-order valence-corrected chi connectivity index (χ3v) is 11.0. The van der Waals surface area contributed by atoms with Gasteiger partial charge < -0.3 is 25.0 Å². The van der Waals surface area contributed by atoms with Crippen molar-refractivity contribution in [1.29, 1.82) is 0 Å². The van der Waals surface area contributed by atoms with Crippen LogP contribution in [-0.4, -0.2) is 70.7 Å². The standard InChI is InChI=1S/C46H41N3O7/c1-48(29-31-13-5-2-6-14-31)24-12-15-30-22-23-37-36(27-30)46(45(54)47-37)38(43(51)52)40-44(53)56-41(33-18-9-4-10-19-33)39(32-16-7-3-8-17-32)49(40)42(46)34-20-11-21-35(28-34)55-26-25-50/h2-11,13-14,16-23,27-28,38-42,50H,24-26,29H2,1H3,(H,47,54)(H,51,52)/t38-,39-,40-,41+,42+,46-/m0/s1. The van der Waals surface area contributed by atoms with Gasteiger partial charge in [0.05, 0.1) is 25.2 Å². The van der Waals surface area contributed by atoms with Gasteiger partial charge in [-0.1, -0.05) is 115 Å². The van der Waals surface area contributed by atoms with Crippen molar-refractivity contribution in [3.05, 3.63) is 167 Å². The number of benzene rings is 5. The van der Waals surface area contributed by atoms with Crippen LogP contribution in [0.4, 0.5) is 5.69 Å². The molecule has 3 aliphatic rings. The second-order valence-electron chi connectivity index (χ2n) is 14.4. The number of carbonyl (C=O) groups excluding carboxylic acids is 2. The smallest absolute Gasteiger partial charge is 0.325 e. The number of anilines is 1. The molecular formula is C46H41N3O7. The van der Waals surface area contributed by atoms with Gasteiger partial charge in [0.15, 0.2) is 0 Å². The number of carbonyl (C=O) groups is 3. The van der Waals surface area contributed by atoms with Gasteiger partial charge in [-0.15, -0.1) is 0 Å². The number of hydrogen-bond acceptors (Lipinski definition) is 8. The van der Waals surface area contributed by atoms with E-state index in [2.05, 4.69) is 34.2 Å². The Labute approximate surface area is 325 Å². The van der Waals surface area contributed by atoms with Crippen LogP contribution in [0.15, 0.2) is 133 Å². The van der Waals surface area contributed by atoms with Gasteiger partial charge in [0.2, 0.25) is 5.91 Å². The number of cyclic esters (lactones) is 1. The van der Waals surface area contributed by atoms with Gasteiger partial charge in [0.25, 0.3) is 0 Å². The molecule has 5 aromatic rings. The van der Waals surface area contributed by atoms with Crippen molar-refractivity contribution in [3.8, 4) is 17.6 Å². The van der Waals surface area contributed by atoms with Crippen molar-refractivity contribution >= 4 is 23.5 Å². The van der Waals surface area contributed by atoms with E-state index in [4.69, 9.17) is 9.47 Å². The van der Waals surface area contributed by atoms with E-state index < -0.39 is 53.4 Å². The third-order valence-electron chi connectivity index (χ3n) is 11.0. The molecule has 0 radical (unpaired) electrons. The molecule has 56 heavy (non-hydrogen) atoms. The lowest BCUT2D eigenvalue weighted by molar-refractivity contribution is -0.179. The second kappa shape index (κ2) is 15.5. The molecule has 3 heterocycles. The van der Waals surface area contributed by atoms with Crippen molar-refractivity contribution < 1.29 is 34.1 Å². The van der Waals surface area contributed by atoms with E-state index in [1.807, 2.05) is 103 Å². The number of ether oxygens (including phenoxy) is 2. The fraction of sp³-hybridized carbons (Fsp3) is 0.239. The molecule has 0 unspecified atom stereocenters. The molecule has 2 saturated heterocycles. The van der Waals surface area contributed by atoms with E-state index in [1.54, 1.807) is 30.3 Å². The minimum Gasteiger partial charge on any atom is -0.491 e. The molecule has 3 aliphatic heterocycles. The lowest BCUT2D eigenvalue weighted by atomic mass is 9.65. The summed E-state index contributed by atoms with van der Waals surface area (Å²) in [5.41, 5.74) is 2.92. The number of aliphatic hydroxyl groups excluding tert-OH is 1. The largest absolute Gasteiger partial charge is 0.491 e. The number of nitrogens with zero attached hydrogens (tertiary/aromatic N) is 2. The van der Waals surface area contributed by atoms with E-state index in [0.29, 0.717) is 41.2 Å².